The molecule has 0 saturated carbocycles. The lowest BCUT2D eigenvalue weighted by atomic mass is 10.1. The van der Waals surface area contributed by atoms with Crippen LogP contribution in [0.2, 0.25) is 5.22 Å². The van der Waals surface area contributed by atoms with Gasteiger partial charge in [0.25, 0.3) is 0 Å². The Morgan fingerprint density at radius 2 is 2.21 bits per heavy atom. The van der Waals surface area contributed by atoms with Gasteiger partial charge in [0.2, 0.25) is 0 Å². The van der Waals surface area contributed by atoms with E-state index in [9.17, 15) is 0 Å². The minimum Gasteiger partial charge on any atom is -0.448 e. The minimum absolute atomic E-state index is 0.0615. The summed E-state index contributed by atoms with van der Waals surface area (Å²) >= 11 is 5.65. The molecule has 0 atom stereocenters. The first-order valence-electron chi connectivity index (χ1n) is 4.52. The standard InChI is InChI=1S/C10H16ClNO2/c1-10(2,7-13-3)12-6-8-4-5-9(11)14-8/h4-5,12H,6-7H2,1-3H3. The first-order valence-corrected chi connectivity index (χ1v) is 4.89. The normalized spacial score (nSPS) is 12.0. The summed E-state index contributed by atoms with van der Waals surface area (Å²) in [6.07, 6.45) is 0. The fourth-order valence-corrected chi connectivity index (χ4v) is 1.35. The molecule has 0 radical (unpaired) electrons. The van der Waals surface area contributed by atoms with Crippen LogP contribution in [-0.2, 0) is 11.3 Å². The monoisotopic (exact) mass is 217 g/mol. The molecule has 0 aromatic carbocycles. The second-order valence-electron chi connectivity index (χ2n) is 3.88. The predicted molar refractivity (Wildman–Crippen MR) is 56.5 cm³/mol. The number of methoxy groups -OCH3 is 1. The summed E-state index contributed by atoms with van der Waals surface area (Å²) in [4.78, 5) is 0. The van der Waals surface area contributed by atoms with Gasteiger partial charge in [0.15, 0.2) is 5.22 Å². The zero-order valence-corrected chi connectivity index (χ0v) is 9.52. The Hall–Kier alpha value is -0.510. The number of nitrogens with one attached hydrogen (secondary N) is 1. The molecule has 0 aliphatic rings. The second kappa shape index (κ2) is 4.82. The Morgan fingerprint density at radius 1 is 1.50 bits per heavy atom. The van der Waals surface area contributed by atoms with Crippen LogP contribution in [0.3, 0.4) is 0 Å². The number of rotatable bonds is 5. The quantitative estimate of drug-likeness (QED) is 0.823. The number of ether oxygens (including phenoxy) is 1. The summed E-state index contributed by atoms with van der Waals surface area (Å²) in [7, 11) is 1.69. The van der Waals surface area contributed by atoms with Crippen molar-refractivity contribution in [2.24, 2.45) is 0 Å². The molecule has 0 aliphatic heterocycles. The number of hydrogen-bond acceptors (Lipinski definition) is 3. The molecule has 3 nitrogen and oxygen atoms in total. The zero-order chi connectivity index (χ0) is 10.6. The Morgan fingerprint density at radius 3 is 2.71 bits per heavy atom. The highest BCUT2D eigenvalue weighted by atomic mass is 35.5. The summed E-state index contributed by atoms with van der Waals surface area (Å²) in [5.74, 6) is 0.833. The Labute approximate surface area is 89.4 Å². The van der Waals surface area contributed by atoms with Crippen molar-refractivity contribution in [2.45, 2.75) is 25.9 Å². The van der Waals surface area contributed by atoms with Crippen LogP contribution in [-0.4, -0.2) is 19.3 Å². The summed E-state index contributed by atoms with van der Waals surface area (Å²) in [5.41, 5.74) is -0.0615. The second-order valence-corrected chi connectivity index (χ2v) is 4.25. The largest absolute Gasteiger partial charge is 0.448 e. The van der Waals surface area contributed by atoms with Crippen LogP contribution in [0.4, 0.5) is 0 Å². The molecule has 1 aromatic heterocycles. The maximum atomic E-state index is 5.65. The van der Waals surface area contributed by atoms with Gasteiger partial charge in [0.1, 0.15) is 5.76 Å². The van der Waals surface area contributed by atoms with Crippen LogP contribution in [0.15, 0.2) is 16.5 Å². The highest BCUT2D eigenvalue weighted by molar-refractivity contribution is 6.28. The van der Waals surface area contributed by atoms with Gasteiger partial charge in [0, 0.05) is 12.6 Å². The van der Waals surface area contributed by atoms with Crippen LogP contribution in [0.1, 0.15) is 19.6 Å². The molecular weight excluding hydrogens is 202 g/mol. The molecule has 1 N–H and O–H groups in total. The molecule has 0 amide bonds. The Kier molecular flexibility index (Phi) is 3.98. The lowest BCUT2D eigenvalue weighted by Crippen LogP contribution is -2.42. The van der Waals surface area contributed by atoms with Crippen molar-refractivity contribution in [1.29, 1.82) is 0 Å². The van der Waals surface area contributed by atoms with Crippen LogP contribution < -0.4 is 5.32 Å². The van der Waals surface area contributed by atoms with Gasteiger partial charge in [-0.1, -0.05) is 0 Å². The Balaban J connectivity index is 2.40. The molecule has 0 saturated heterocycles. The average molecular weight is 218 g/mol. The Bertz CT molecular complexity index is 283. The topological polar surface area (TPSA) is 34.4 Å². The molecule has 14 heavy (non-hydrogen) atoms. The molecule has 0 bridgehead atoms. The number of furan rings is 1. The van der Waals surface area contributed by atoms with E-state index in [0.29, 0.717) is 18.4 Å². The van der Waals surface area contributed by atoms with Crippen molar-refractivity contribution in [2.75, 3.05) is 13.7 Å². The summed E-state index contributed by atoms with van der Waals surface area (Å²) in [6.45, 7) is 5.45. The van der Waals surface area contributed by atoms with Crippen molar-refractivity contribution in [3.05, 3.63) is 23.1 Å². The number of hydrogen-bond donors (Lipinski definition) is 1. The van der Waals surface area contributed by atoms with Crippen LogP contribution in [0.5, 0.6) is 0 Å². The molecule has 4 heteroatoms. The molecule has 0 fully saturated rings. The summed E-state index contributed by atoms with van der Waals surface area (Å²) in [6, 6.07) is 3.60. The fraction of sp³-hybridized carbons (Fsp3) is 0.600. The molecule has 80 valence electrons. The molecular formula is C10H16ClNO2. The smallest absolute Gasteiger partial charge is 0.193 e. The highest BCUT2D eigenvalue weighted by Gasteiger charge is 2.16. The van der Waals surface area contributed by atoms with Gasteiger partial charge in [-0.25, -0.2) is 0 Å². The average Bonchev–Trinajstić information content (AvgIpc) is 2.48. The van der Waals surface area contributed by atoms with E-state index in [4.69, 9.17) is 20.8 Å². The maximum Gasteiger partial charge on any atom is 0.193 e. The third-order valence-corrected chi connectivity index (χ3v) is 2.08. The van der Waals surface area contributed by atoms with E-state index in [2.05, 4.69) is 19.2 Å². The first kappa shape index (κ1) is 11.6. The highest BCUT2D eigenvalue weighted by Crippen LogP contribution is 2.13. The van der Waals surface area contributed by atoms with Gasteiger partial charge in [-0.2, -0.15) is 0 Å². The molecule has 1 rings (SSSR count). The van der Waals surface area contributed by atoms with Crippen molar-refractivity contribution < 1.29 is 9.15 Å². The van der Waals surface area contributed by atoms with Gasteiger partial charge < -0.3 is 14.5 Å². The van der Waals surface area contributed by atoms with Crippen LogP contribution in [0, 0.1) is 0 Å². The molecule has 0 aliphatic carbocycles. The van der Waals surface area contributed by atoms with Gasteiger partial charge >= 0.3 is 0 Å². The fourth-order valence-electron chi connectivity index (χ4n) is 1.19. The van der Waals surface area contributed by atoms with E-state index in [1.807, 2.05) is 6.07 Å². The van der Waals surface area contributed by atoms with Gasteiger partial charge in [-0.05, 0) is 37.6 Å². The molecule has 1 aromatic rings. The van der Waals surface area contributed by atoms with Crippen molar-refractivity contribution >= 4 is 11.6 Å². The molecule has 1 heterocycles. The van der Waals surface area contributed by atoms with E-state index in [0.717, 1.165) is 5.76 Å². The summed E-state index contributed by atoms with van der Waals surface area (Å²) < 4.78 is 10.3. The van der Waals surface area contributed by atoms with Crippen molar-refractivity contribution in [3.8, 4) is 0 Å². The zero-order valence-electron chi connectivity index (χ0n) is 8.76. The molecule has 0 unspecified atom stereocenters. The van der Waals surface area contributed by atoms with E-state index in [-0.39, 0.29) is 5.54 Å². The molecule has 0 spiro atoms. The lowest BCUT2D eigenvalue weighted by Gasteiger charge is -2.24. The SMILES string of the molecule is COCC(C)(C)NCc1ccc(Cl)o1. The van der Waals surface area contributed by atoms with E-state index < -0.39 is 0 Å². The first-order chi connectivity index (χ1) is 6.53. The number of halogens is 1. The van der Waals surface area contributed by atoms with E-state index in [1.54, 1.807) is 13.2 Å². The van der Waals surface area contributed by atoms with E-state index >= 15 is 0 Å². The van der Waals surface area contributed by atoms with Gasteiger partial charge in [-0.3, -0.25) is 0 Å². The van der Waals surface area contributed by atoms with E-state index in [1.165, 1.54) is 0 Å². The third kappa shape index (κ3) is 3.70. The summed E-state index contributed by atoms with van der Waals surface area (Å²) in [5, 5.41) is 3.73. The van der Waals surface area contributed by atoms with Crippen LogP contribution in [0.25, 0.3) is 0 Å². The van der Waals surface area contributed by atoms with Crippen molar-refractivity contribution in [1.82, 2.24) is 5.32 Å². The van der Waals surface area contributed by atoms with Crippen LogP contribution >= 0.6 is 11.6 Å². The predicted octanol–water partition coefficient (Wildman–Crippen LogP) is 2.45. The van der Waals surface area contributed by atoms with Gasteiger partial charge in [0.05, 0.1) is 13.2 Å². The van der Waals surface area contributed by atoms with Gasteiger partial charge in [-0.15, -0.1) is 0 Å². The maximum absolute atomic E-state index is 5.65. The lowest BCUT2D eigenvalue weighted by molar-refractivity contribution is 0.126. The van der Waals surface area contributed by atoms with Crippen molar-refractivity contribution in [3.63, 3.8) is 0 Å². The minimum atomic E-state index is -0.0615. The third-order valence-electron chi connectivity index (χ3n) is 1.88.